The molecule has 1 aliphatic rings. The second-order valence-corrected chi connectivity index (χ2v) is 7.21. The minimum absolute atomic E-state index is 0.187. The van der Waals surface area contributed by atoms with Crippen LogP contribution in [0.15, 0.2) is 42.5 Å². The Morgan fingerprint density at radius 3 is 2.56 bits per heavy atom. The number of ether oxygens (including phenoxy) is 1. The zero-order valence-electron chi connectivity index (χ0n) is 16.1. The molecule has 2 aromatic rings. The molecule has 0 aromatic heterocycles. The van der Waals surface area contributed by atoms with E-state index in [1.54, 1.807) is 7.11 Å². The van der Waals surface area contributed by atoms with Gasteiger partial charge >= 0.3 is 0 Å². The minimum Gasteiger partial charge on any atom is -0.497 e. The van der Waals surface area contributed by atoms with Gasteiger partial charge in [-0.1, -0.05) is 24.3 Å². The predicted octanol–water partition coefficient (Wildman–Crippen LogP) is 3.39. The number of rotatable bonds is 7. The predicted molar refractivity (Wildman–Crippen MR) is 106 cm³/mol. The van der Waals surface area contributed by atoms with Gasteiger partial charge in [-0.15, -0.1) is 0 Å². The lowest BCUT2D eigenvalue weighted by molar-refractivity contribution is -0.134. The maximum atomic E-state index is 12.7. The largest absolute Gasteiger partial charge is 0.497 e. The number of methoxy groups -OCH3 is 1. The molecule has 3 rings (SSSR count). The van der Waals surface area contributed by atoms with E-state index < -0.39 is 5.41 Å². The number of hydrogen-bond donors (Lipinski definition) is 2. The molecular formula is C22H26N2O3. The highest BCUT2D eigenvalue weighted by molar-refractivity contribution is 6.13. The number of nitrogens with one attached hydrogen (secondary N) is 2. The Bertz CT molecular complexity index is 856. The number of aryl methyl sites for hydroxylation is 2. The zero-order chi connectivity index (χ0) is 19.4. The third-order valence-electron chi connectivity index (χ3n) is 5.09. The van der Waals surface area contributed by atoms with Crippen LogP contribution in [0.25, 0.3) is 0 Å². The highest BCUT2D eigenvalue weighted by Crippen LogP contribution is 2.47. The normalized spacial score (nSPS) is 14.3. The Kier molecular flexibility index (Phi) is 5.49. The fraction of sp³-hybridized carbons (Fsp3) is 0.364. The lowest BCUT2D eigenvalue weighted by atomic mass is 10.0. The summed E-state index contributed by atoms with van der Waals surface area (Å²) < 4.78 is 5.21. The molecule has 0 unspecified atom stereocenters. The molecule has 5 nitrogen and oxygen atoms in total. The summed E-state index contributed by atoms with van der Waals surface area (Å²) in [5.74, 6) is 0.397. The summed E-state index contributed by atoms with van der Waals surface area (Å²) in [6.45, 7) is 4.42. The van der Waals surface area contributed by atoms with E-state index in [0.717, 1.165) is 28.1 Å². The van der Waals surface area contributed by atoms with Gasteiger partial charge in [0.1, 0.15) is 11.2 Å². The first-order chi connectivity index (χ1) is 12.9. The van der Waals surface area contributed by atoms with E-state index in [4.69, 9.17) is 4.74 Å². The van der Waals surface area contributed by atoms with Crippen LogP contribution in [0.5, 0.6) is 5.75 Å². The fourth-order valence-electron chi connectivity index (χ4n) is 3.11. The highest BCUT2D eigenvalue weighted by Gasteiger charge is 2.56. The molecule has 2 aromatic carbocycles. The summed E-state index contributed by atoms with van der Waals surface area (Å²) in [6, 6.07) is 13.7. The highest BCUT2D eigenvalue weighted by atomic mass is 16.5. The van der Waals surface area contributed by atoms with Gasteiger partial charge in [-0.25, -0.2) is 0 Å². The molecule has 0 bridgehead atoms. The number of hydrogen-bond acceptors (Lipinski definition) is 3. The number of carbonyl (C=O) groups excluding carboxylic acids is 2. The SMILES string of the molecule is COc1cccc(CCNC(=O)C2(C(=O)Nc3cc(C)ccc3C)CC2)c1. The molecule has 0 spiro atoms. The van der Waals surface area contributed by atoms with Crippen LogP contribution in [0.4, 0.5) is 5.69 Å². The van der Waals surface area contributed by atoms with Crippen molar-refractivity contribution < 1.29 is 14.3 Å². The number of benzene rings is 2. The first-order valence-corrected chi connectivity index (χ1v) is 9.24. The van der Waals surface area contributed by atoms with E-state index in [1.165, 1.54) is 0 Å². The van der Waals surface area contributed by atoms with Crippen molar-refractivity contribution in [1.82, 2.24) is 5.32 Å². The van der Waals surface area contributed by atoms with Crippen LogP contribution in [0.1, 0.15) is 29.5 Å². The van der Waals surface area contributed by atoms with Gasteiger partial charge in [-0.3, -0.25) is 9.59 Å². The van der Waals surface area contributed by atoms with Crippen LogP contribution in [0.2, 0.25) is 0 Å². The molecule has 1 saturated carbocycles. The van der Waals surface area contributed by atoms with Crippen molar-refractivity contribution in [1.29, 1.82) is 0 Å². The van der Waals surface area contributed by atoms with Gasteiger partial charge in [-0.05, 0) is 68.0 Å². The Morgan fingerprint density at radius 2 is 1.85 bits per heavy atom. The molecule has 142 valence electrons. The quantitative estimate of drug-likeness (QED) is 0.738. The van der Waals surface area contributed by atoms with Crippen molar-refractivity contribution in [3.8, 4) is 5.75 Å². The molecular weight excluding hydrogens is 340 g/mol. The number of anilines is 1. The monoisotopic (exact) mass is 366 g/mol. The Morgan fingerprint density at radius 1 is 1.07 bits per heavy atom. The second-order valence-electron chi connectivity index (χ2n) is 7.21. The van der Waals surface area contributed by atoms with Gasteiger partial charge in [0, 0.05) is 12.2 Å². The molecule has 0 aliphatic heterocycles. The van der Waals surface area contributed by atoms with Crippen molar-refractivity contribution in [2.24, 2.45) is 5.41 Å². The summed E-state index contributed by atoms with van der Waals surface area (Å²) in [5.41, 5.74) is 2.99. The maximum absolute atomic E-state index is 12.7. The van der Waals surface area contributed by atoms with Gasteiger partial charge in [0.15, 0.2) is 0 Å². The van der Waals surface area contributed by atoms with Crippen LogP contribution in [0.3, 0.4) is 0 Å². The van der Waals surface area contributed by atoms with Crippen molar-refractivity contribution in [3.05, 3.63) is 59.2 Å². The van der Waals surface area contributed by atoms with E-state index in [-0.39, 0.29) is 11.8 Å². The molecule has 0 radical (unpaired) electrons. The maximum Gasteiger partial charge on any atom is 0.240 e. The smallest absolute Gasteiger partial charge is 0.240 e. The molecule has 0 saturated heterocycles. The van der Waals surface area contributed by atoms with Crippen LogP contribution >= 0.6 is 0 Å². The lowest BCUT2D eigenvalue weighted by Crippen LogP contribution is -2.40. The van der Waals surface area contributed by atoms with E-state index in [9.17, 15) is 9.59 Å². The topological polar surface area (TPSA) is 67.4 Å². The Hall–Kier alpha value is -2.82. The summed E-state index contributed by atoms with van der Waals surface area (Å²) in [5, 5.41) is 5.87. The Labute approximate surface area is 160 Å². The second kappa shape index (κ2) is 7.82. The number of carbonyl (C=O) groups is 2. The van der Waals surface area contributed by atoms with E-state index in [1.807, 2.05) is 56.3 Å². The standard InChI is InChI=1S/C22H26N2O3/c1-15-7-8-16(2)19(13-15)24-21(26)22(10-11-22)20(25)23-12-9-17-5-4-6-18(14-17)27-3/h4-8,13-14H,9-12H2,1-3H3,(H,23,25)(H,24,26). The van der Waals surface area contributed by atoms with Gasteiger partial charge in [0.25, 0.3) is 0 Å². The van der Waals surface area contributed by atoms with Crippen LogP contribution in [-0.2, 0) is 16.0 Å². The van der Waals surface area contributed by atoms with Gasteiger partial charge in [-0.2, -0.15) is 0 Å². The minimum atomic E-state index is -0.926. The van der Waals surface area contributed by atoms with Crippen LogP contribution < -0.4 is 15.4 Å². The van der Waals surface area contributed by atoms with E-state index >= 15 is 0 Å². The summed E-state index contributed by atoms with van der Waals surface area (Å²) in [6.07, 6.45) is 1.88. The molecule has 1 fully saturated rings. The van der Waals surface area contributed by atoms with Crippen LogP contribution in [-0.4, -0.2) is 25.5 Å². The van der Waals surface area contributed by atoms with Gasteiger partial charge in [0.05, 0.1) is 7.11 Å². The molecule has 0 atom stereocenters. The third kappa shape index (κ3) is 4.30. The lowest BCUT2D eigenvalue weighted by Gasteiger charge is -2.17. The fourth-order valence-corrected chi connectivity index (χ4v) is 3.11. The van der Waals surface area contributed by atoms with Gasteiger partial charge in [0.2, 0.25) is 11.8 Å². The summed E-state index contributed by atoms with van der Waals surface area (Å²) in [7, 11) is 1.63. The average Bonchev–Trinajstić information content (AvgIpc) is 3.47. The Balaban J connectivity index is 1.57. The third-order valence-corrected chi connectivity index (χ3v) is 5.09. The van der Waals surface area contributed by atoms with E-state index in [2.05, 4.69) is 10.6 Å². The summed E-state index contributed by atoms with van der Waals surface area (Å²) >= 11 is 0. The van der Waals surface area contributed by atoms with Crippen molar-refractivity contribution in [2.75, 3.05) is 19.0 Å². The van der Waals surface area contributed by atoms with Crippen molar-refractivity contribution in [3.63, 3.8) is 0 Å². The zero-order valence-corrected chi connectivity index (χ0v) is 16.1. The average molecular weight is 366 g/mol. The molecule has 27 heavy (non-hydrogen) atoms. The van der Waals surface area contributed by atoms with Crippen LogP contribution in [0, 0.1) is 19.3 Å². The molecule has 2 N–H and O–H groups in total. The summed E-state index contributed by atoms with van der Waals surface area (Å²) in [4.78, 5) is 25.4. The molecule has 5 heteroatoms. The van der Waals surface area contributed by atoms with Gasteiger partial charge < -0.3 is 15.4 Å². The number of amides is 2. The van der Waals surface area contributed by atoms with Crippen molar-refractivity contribution >= 4 is 17.5 Å². The molecule has 2 amide bonds. The first kappa shape index (κ1) is 19.0. The molecule has 0 heterocycles. The molecule has 1 aliphatic carbocycles. The van der Waals surface area contributed by atoms with Crippen molar-refractivity contribution in [2.45, 2.75) is 33.1 Å². The van der Waals surface area contributed by atoms with E-state index in [0.29, 0.717) is 25.8 Å². The first-order valence-electron chi connectivity index (χ1n) is 9.24.